The molecule has 0 aliphatic carbocycles. The summed E-state index contributed by atoms with van der Waals surface area (Å²) in [6, 6.07) is 5.17. The molecule has 1 aromatic carbocycles. The molecule has 110 valence electrons. The van der Waals surface area contributed by atoms with E-state index in [1.807, 2.05) is 5.32 Å². The molecule has 0 atom stereocenters. The van der Waals surface area contributed by atoms with E-state index in [2.05, 4.69) is 5.32 Å². The summed E-state index contributed by atoms with van der Waals surface area (Å²) < 4.78 is 22.1. The van der Waals surface area contributed by atoms with E-state index in [1.54, 1.807) is 0 Å². The highest BCUT2D eigenvalue weighted by molar-refractivity contribution is 8.18. The fourth-order valence-corrected chi connectivity index (χ4v) is 2.61. The minimum absolute atomic E-state index is 0.0151. The van der Waals surface area contributed by atoms with Crippen molar-refractivity contribution in [1.82, 2.24) is 5.32 Å². The van der Waals surface area contributed by atoms with E-state index >= 15 is 0 Å². The SMILES string of the molecule is NS(=O)(=O)c1ccc(NC(=O)C=C2SC(=O)NC2=O)cc1. The molecular weight excluding hydrogens is 318 g/mol. The van der Waals surface area contributed by atoms with Crippen LogP contribution < -0.4 is 15.8 Å². The molecule has 1 aliphatic rings. The van der Waals surface area contributed by atoms with Crippen LogP contribution in [0, 0.1) is 0 Å². The van der Waals surface area contributed by atoms with E-state index in [9.17, 15) is 22.8 Å². The number of primary sulfonamides is 1. The van der Waals surface area contributed by atoms with Gasteiger partial charge in [-0.05, 0) is 36.0 Å². The first-order valence-electron chi connectivity index (χ1n) is 5.44. The van der Waals surface area contributed by atoms with Crippen LogP contribution in [0.5, 0.6) is 0 Å². The van der Waals surface area contributed by atoms with Crippen molar-refractivity contribution in [3.05, 3.63) is 35.2 Å². The van der Waals surface area contributed by atoms with Crippen molar-refractivity contribution in [2.75, 3.05) is 5.32 Å². The molecule has 1 heterocycles. The van der Waals surface area contributed by atoms with Gasteiger partial charge in [0.05, 0.1) is 9.80 Å². The van der Waals surface area contributed by atoms with E-state index in [0.717, 1.165) is 6.08 Å². The van der Waals surface area contributed by atoms with Crippen molar-refractivity contribution in [3.8, 4) is 0 Å². The maximum absolute atomic E-state index is 11.7. The predicted molar refractivity (Wildman–Crippen MR) is 75.7 cm³/mol. The number of carbonyl (C=O) groups excluding carboxylic acids is 3. The Morgan fingerprint density at radius 3 is 2.33 bits per heavy atom. The third-order valence-corrected chi connectivity index (χ3v) is 4.09. The Morgan fingerprint density at radius 2 is 1.86 bits per heavy atom. The second-order valence-electron chi connectivity index (χ2n) is 3.91. The number of sulfonamides is 1. The molecule has 0 radical (unpaired) electrons. The molecule has 4 N–H and O–H groups in total. The van der Waals surface area contributed by atoms with Crippen molar-refractivity contribution >= 4 is 44.5 Å². The molecule has 3 amide bonds. The predicted octanol–water partition coefficient (Wildman–Crippen LogP) is 0.139. The number of anilines is 1. The number of amides is 3. The highest BCUT2D eigenvalue weighted by Crippen LogP contribution is 2.23. The van der Waals surface area contributed by atoms with Gasteiger partial charge in [-0.25, -0.2) is 13.6 Å². The van der Waals surface area contributed by atoms with Gasteiger partial charge < -0.3 is 5.32 Å². The third-order valence-electron chi connectivity index (χ3n) is 2.35. The van der Waals surface area contributed by atoms with Gasteiger partial charge in [-0.15, -0.1) is 0 Å². The quantitative estimate of drug-likeness (QED) is 0.676. The number of hydrogen-bond acceptors (Lipinski definition) is 6. The minimum Gasteiger partial charge on any atom is -0.322 e. The van der Waals surface area contributed by atoms with Gasteiger partial charge in [0, 0.05) is 11.8 Å². The molecular formula is C11H9N3O5S2. The number of carbonyl (C=O) groups is 3. The second-order valence-corrected chi connectivity index (χ2v) is 6.49. The van der Waals surface area contributed by atoms with Crippen molar-refractivity contribution in [2.24, 2.45) is 5.14 Å². The van der Waals surface area contributed by atoms with Crippen LogP contribution in [-0.4, -0.2) is 25.5 Å². The van der Waals surface area contributed by atoms with E-state index in [0.29, 0.717) is 17.4 Å². The summed E-state index contributed by atoms with van der Waals surface area (Å²) in [5, 5.41) is 8.84. The summed E-state index contributed by atoms with van der Waals surface area (Å²) in [6.07, 6.45) is 0.985. The lowest BCUT2D eigenvalue weighted by molar-refractivity contribution is -0.116. The summed E-state index contributed by atoms with van der Waals surface area (Å²) in [7, 11) is -3.80. The van der Waals surface area contributed by atoms with Gasteiger partial charge in [0.1, 0.15) is 0 Å². The molecule has 8 nitrogen and oxygen atoms in total. The Balaban J connectivity index is 2.08. The molecule has 0 bridgehead atoms. The number of nitrogens with two attached hydrogens (primary N) is 1. The van der Waals surface area contributed by atoms with Crippen LogP contribution in [0.1, 0.15) is 0 Å². The summed E-state index contributed by atoms with van der Waals surface area (Å²) in [6.45, 7) is 0. The second kappa shape index (κ2) is 5.68. The number of imide groups is 1. The molecule has 0 aromatic heterocycles. The number of nitrogens with one attached hydrogen (secondary N) is 2. The van der Waals surface area contributed by atoms with Gasteiger partial charge in [0.2, 0.25) is 15.9 Å². The van der Waals surface area contributed by atoms with Gasteiger partial charge in [-0.3, -0.25) is 19.7 Å². The topological polar surface area (TPSA) is 135 Å². The monoisotopic (exact) mass is 327 g/mol. The van der Waals surface area contributed by atoms with Gasteiger partial charge in [-0.1, -0.05) is 0 Å². The molecule has 1 aromatic rings. The molecule has 21 heavy (non-hydrogen) atoms. The van der Waals surface area contributed by atoms with Crippen LogP contribution in [0.2, 0.25) is 0 Å². The Labute approximate surface area is 123 Å². The maximum Gasteiger partial charge on any atom is 0.290 e. The van der Waals surface area contributed by atoms with Gasteiger partial charge in [0.15, 0.2) is 0 Å². The van der Waals surface area contributed by atoms with Gasteiger partial charge in [-0.2, -0.15) is 0 Å². The highest BCUT2D eigenvalue weighted by atomic mass is 32.2. The van der Waals surface area contributed by atoms with Crippen molar-refractivity contribution in [2.45, 2.75) is 4.90 Å². The van der Waals surface area contributed by atoms with Crippen LogP contribution in [0.3, 0.4) is 0 Å². The number of rotatable bonds is 3. The van der Waals surface area contributed by atoms with E-state index in [1.165, 1.54) is 24.3 Å². The molecule has 2 rings (SSSR count). The first kappa shape index (κ1) is 15.2. The highest BCUT2D eigenvalue weighted by Gasteiger charge is 2.25. The Hall–Kier alpha value is -2.17. The molecule has 1 fully saturated rings. The summed E-state index contributed by atoms with van der Waals surface area (Å²) in [4.78, 5) is 33.7. The van der Waals surface area contributed by atoms with Crippen molar-refractivity contribution in [1.29, 1.82) is 0 Å². The number of benzene rings is 1. The van der Waals surface area contributed by atoms with Crippen LogP contribution >= 0.6 is 11.8 Å². The fraction of sp³-hybridized carbons (Fsp3) is 0. The molecule has 10 heteroatoms. The van der Waals surface area contributed by atoms with Crippen molar-refractivity contribution < 1.29 is 22.8 Å². The fourth-order valence-electron chi connectivity index (χ4n) is 1.45. The average Bonchev–Trinajstić information content (AvgIpc) is 2.67. The third kappa shape index (κ3) is 3.90. The molecule has 1 saturated heterocycles. The molecule has 0 unspecified atom stereocenters. The largest absolute Gasteiger partial charge is 0.322 e. The summed E-state index contributed by atoms with van der Waals surface area (Å²) in [5.74, 6) is -1.25. The van der Waals surface area contributed by atoms with Crippen LogP contribution in [0.25, 0.3) is 0 Å². The molecule has 1 aliphatic heterocycles. The smallest absolute Gasteiger partial charge is 0.290 e. The minimum atomic E-state index is -3.80. The average molecular weight is 327 g/mol. The van der Waals surface area contributed by atoms with E-state index in [-0.39, 0.29) is 9.80 Å². The standard InChI is InChI=1S/C11H9N3O5S2/c12-21(18,19)7-3-1-6(2-4-7)13-9(15)5-8-10(16)14-11(17)20-8/h1-5H,(H,13,15)(H2,12,18,19)(H,14,16,17). The number of thioether (sulfide) groups is 1. The van der Waals surface area contributed by atoms with Crippen LogP contribution in [-0.2, 0) is 19.6 Å². The first-order valence-corrected chi connectivity index (χ1v) is 7.81. The zero-order valence-electron chi connectivity index (χ0n) is 10.3. The first-order chi connectivity index (χ1) is 9.75. The lowest BCUT2D eigenvalue weighted by Crippen LogP contribution is -2.18. The maximum atomic E-state index is 11.7. The lowest BCUT2D eigenvalue weighted by atomic mass is 10.3. The molecule has 0 spiro atoms. The van der Waals surface area contributed by atoms with E-state index in [4.69, 9.17) is 5.14 Å². The zero-order valence-corrected chi connectivity index (χ0v) is 12.0. The summed E-state index contributed by atoms with van der Waals surface area (Å²) in [5.41, 5.74) is 0.319. The van der Waals surface area contributed by atoms with E-state index < -0.39 is 27.1 Å². The van der Waals surface area contributed by atoms with Crippen molar-refractivity contribution in [3.63, 3.8) is 0 Å². The Kier molecular flexibility index (Phi) is 4.11. The zero-order chi connectivity index (χ0) is 15.6. The summed E-state index contributed by atoms with van der Waals surface area (Å²) >= 11 is 0.623. The van der Waals surface area contributed by atoms with Gasteiger partial charge in [0.25, 0.3) is 11.1 Å². The normalized spacial score (nSPS) is 16.9. The van der Waals surface area contributed by atoms with Crippen LogP contribution in [0.4, 0.5) is 10.5 Å². The lowest BCUT2D eigenvalue weighted by Gasteiger charge is -2.03. The van der Waals surface area contributed by atoms with Crippen LogP contribution in [0.15, 0.2) is 40.1 Å². The Bertz CT molecular complexity index is 753. The molecule has 0 saturated carbocycles. The number of hydrogen-bond donors (Lipinski definition) is 3. The Morgan fingerprint density at radius 1 is 1.24 bits per heavy atom. The van der Waals surface area contributed by atoms with Gasteiger partial charge >= 0.3 is 0 Å².